The first-order valence-corrected chi connectivity index (χ1v) is 6.81. The quantitative estimate of drug-likeness (QED) is 0.783. The molecule has 0 radical (unpaired) electrons. The van der Waals surface area contributed by atoms with E-state index in [-0.39, 0.29) is 11.2 Å². The molecular weight excluding hydrogens is 242 g/mol. The van der Waals surface area contributed by atoms with Gasteiger partial charge in [-0.2, -0.15) is 0 Å². The van der Waals surface area contributed by atoms with Crippen LogP contribution >= 0.6 is 11.3 Å². The van der Waals surface area contributed by atoms with Gasteiger partial charge >= 0.3 is 0 Å². The van der Waals surface area contributed by atoms with Gasteiger partial charge in [-0.15, -0.1) is 11.3 Å². The predicted molar refractivity (Wildman–Crippen MR) is 75.3 cm³/mol. The van der Waals surface area contributed by atoms with Gasteiger partial charge in [0.05, 0.1) is 4.88 Å². The summed E-state index contributed by atoms with van der Waals surface area (Å²) in [5, 5.41) is 0. The van der Waals surface area contributed by atoms with Crippen LogP contribution in [0.25, 0.3) is 0 Å². The van der Waals surface area contributed by atoms with Crippen molar-refractivity contribution in [1.82, 2.24) is 4.98 Å². The van der Waals surface area contributed by atoms with E-state index >= 15 is 0 Å². The number of rotatable bonds is 3. The molecule has 0 N–H and O–H groups in total. The minimum absolute atomic E-state index is 0.111. The fourth-order valence-electron chi connectivity index (χ4n) is 1.66. The zero-order valence-electron chi connectivity index (χ0n) is 10.9. The van der Waals surface area contributed by atoms with Gasteiger partial charge in [-0.1, -0.05) is 20.8 Å². The molecule has 0 amide bonds. The van der Waals surface area contributed by atoms with Crippen LogP contribution in [-0.2, 0) is 11.8 Å². The van der Waals surface area contributed by atoms with Gasteiger partial charge in [0.25, 0.3) is 0 Å². The Morgan fingerprint density at radius 3 is 2.39 bits per heavy atom. The lowest BCUT2D eigenvalue weighted by atomic mass is 9.95. The Morgan fingerprint density at radius 1 is 1.17 bits per heavy atom. The van der Waals surface area contributed by atoms with Crippen molar-refractivity contribution in [2.45, 2.75) is 32.6 Å². The fraction of sp³-hybridized carbons (Fsp3) is 0.333. The van der Waals surface area contributed by atoms with Crippen molar-refractivity contribution in [2.75, 3.05) is 0 Å². The van der Waals surface area contributed by atoms with Crippen LogP contribution in [0.4, 0.5) is 0 Å². The number of hydrogen-bond donors (Lipinski definition) is 0. The molecule has 2 aromatic rings. The van der Waals surface area contributed by atoms with Crippen molar-refractivity contribution in [2.24, 2.45) is 0 Å². The Bertz CT molecular complexity index is 537. The minimum Gasteiger partial charge on any atom is -0.293 e. The molecule has 94 valence electrons. The number of pyridine rings is 1. The molecular formula is C15H17NOS. The molecule has 0 saturated heterocycles. The van der Waals surface area contributed by atoms with Crippen LogP contribution in [0.3, 0.4) is 0 Å². The van der Waals surface area contributed by atoms with E-state index in [0.717, 1.165) is 10.4 Å². The molecule has 3 heteroatoms. The molecule has 0 bridgehead atoms. The van der Waals surface area contributed by atoms with E-state index in [1.165, 1.54) is 4.88 Å². The van der Waals surface area contributed by atoms with Gasteiger partial charge in [0.1, 0.15) is 0 Å². The summed E-state index contributed by atoms with van der Waals surface area (Å²) >= 11 is 1.60. The van der Waals surface area contributed by atoms with E-state index in [1.54, 1.807) is 23.7 Å². The van der Waals surface area contributed by atoms with E-state index in [9.17, 15) is 4.79 Å². The number of nitrogens with zero attached hydrogens (tertiary/aromatic N) is 1. The van der Waals surface area contributed by atoms with Crippen molar-refractivity contribution in [1.29, 1.82) is 0 Å². The van der Waals surface area contributed by atoms with Crippen molar-refractivity contribution in [3.05, 3.63) is 52.0 Å². The Morgan fingerprint density at radius 2 is 1.83 bits per heavy atom. The highest BCUT2D eigenvalue weighted by Gasteiger charge is 2.18. The molecule has 2 aromatic heterocycles. The first-order valence-electron chi connectivity index (χ1n) is 5.99. The SMILES string of the molecule is CC(C)(C)c1ccc(C(=O)Cc2ccncc2)s1. The van der Waals surface area contributed by atoms with Crippen LogP contribution in [0.15, 0.2) is 36.7 Å². The maximum Gasteiger partial charge on any atom is 0.177 e. The second-order valence-electron chi connectivity index (χ2n) is 5.37. The lowest BCUT2D eigenvalue weighted by molar-refractivity contribution is 0.0997. The molecule has 2 rings (SSSR count). The molecule has 0 spiro atoms. The zero-order chi connectivity index (χ0) is 13.2. The van der Waals surface area contributed by atoms with E-state index in [4.69, 9.17) is 0 Å². The van der Waals surface area contributed by atoms with Crippen LogP contribution in [-0.4, -0.2) is 10.8 Å². The van der Waals surface area contributed by atoms with E-state index in [0.29, 0.717) is 6.42 Å². The average Bonchev–Trinajstić information content (AvgIpc) is 2.79. The van der Waals surface area contributed by atoms with Crippen molar-refractivity contribution >= 4 is 17.1 Å². The van der Waals surface area contributed by atoms with E-state index in [2.05, 4.69) is 31.8 Å². The van der Waals surface area contributed by atoms with Gasteiger partial charge in [0.15, 0.2) is 5.78 Å². The Hall–Kier alpha value is -1.48. The highest BCUT2D eigenvalue weighted by atomic mass is 32.1. The third kappa shape index (κ3) is 3.05. The molecule has 2 nitrogen and oxygen atoms in total. The Balaban J connectivity index is 2.13. The van der Waals surface area contributed by atoms with Crippen molar-refractivity contribution in [3.8, 4) is 0 Å². The zero-order valence-corrected chi connectivity index (χ0v) is 11.8. The average molecular weight is 259 g/mol. The molecule has 0 unspecified atom stereocenters. The molecule has 0 aliphatic carbocycles. The summed E-state index contributed by atoms with van der Waals surface area (Å²) in [6.45, 7) is 6.49. The van der Waals surface area contributed by atoms with Crippen LogP contribution in [0, 0.1) is 0 Å². The molecule has 0 aromatic carbocycles. The third-order valence-electron chi connectivity index (χ3n) is 2.73. The summed E-state index contributed by atoms with van der Waals surface area (Å²) in [4.78, 5) is 18.2. The summed E-state index contributed by atoms with van der Waals surface area (Å²) in [5.74, 6) is 0.182. The number of Topliss-reactive ketones (excluding diaryl/α,β-unsaturated/α-hetero) is 1. The maximum atomic E-state index is 12.1. The second kappa shape index (κ2) is 5.02. The molecule has 0 fully saturated rings. The number of ketones is 1. The number of carbonyl (C=O) groups is 1. The summed E-state index contributed by atoms with van der Waals surface area (Å²) in [6.07, 6.45) is 3.89. The van der Waals surface area contributed by atoms with Crippen molar-refractivity contribution in [3.63, 3.8) is 0 Å². The molecule has 2 heterocycles. The molecule has 0 saturated carbocycles. The summed E-state index contributed by atoms with van der Waals surface area (Å²) in [7, 11) is 0. The number of aromatic nitrogens is 1. The van der Waals surface area contributed by atoms with Crippen LogP contribution in [0.5, 0.6) is 0 Å². The van der Waals surface area contributed by atoms with E-state index < -0.39 is 0 Å². The number of carbonyl (C=O) groups excluding carboxylic acids is 1. The molecule has 0 aliphatic heterocycles. The third-order valence-corrected chi connectivity index (χ3v) is 4.29. The summed E-state index contributed by atoms with van der Waals surface area (Å²) in [5.41, 5.74) is 1.13. The molecule has 0 atom stereocenters. The maximum absolute atomic E-state index is 12.1. The summed E-state index contributed by atoms with van der Waals surface area (Å²) in [6, 6.07) is 7.77. The van der Waals surface area contributed by atoms with Gasteiger partial charge in [-0.25, -0.2) is 0 Å². The van der Waals surface area contributed by atoms with Gasteiger partial charge in [0.2, 0.25) is 0 Å². The van der Waals surface area contributed by atoms with Gasteiger partial charge < -0.3 is 0 Å². The highest BCUT2D eigenvalue weighted by molar-refractivity contribution is 7.14. The van der Waals surface area contributed by atoms with Crippen LogP contribution in [0.1, 0.15) is 40.9 Å². The van der Waals surface area contributed by atoms with Gasteiger partial charge in [-0.05, 0) is 35.2 Å². The Labute approximate surface area is 112 Å². The number of hydrogen-bond acceptors (Lipinski definition) is 3. The largest absolute Gasteiger partial charge is 0.293 e. The Kier molecular flexibility index (Phi) is 3.62. The van der Waals surface area contributed by atoms with Crippen molar-refractivity contribution < 1.29 is 4.79 Å². The standard InChI is InChI=1S/C15H17NOS/c1-15(2,3)14-5-4-13(18-14)12(17)10-11-6-8-16-9-7-11/h4-9H,10H2,1-3H3. The highest BCUT2D eigenvalue weighted by Crippen LogP contribution is 2.30. The van der Waals surface area contributed by atoms with Gasteiger partial charge in [0, 0.05) is 23.7 Å². The molecule has 0 aliphatic rings. The predicted octanol–water partition coefficient (Wildman–Crippen LogP) is 3.87. The smallest absolute Gasteiger partial charge is 0.177 e. The topological polar surface area (TPSA) is 30.0 Å². The fourth-order valence-corrected chi connectivity index (χ4v) is 2.67. The normalized spacial score (nSPS) is 11.5. The van der Waals surface area contributed by atoms with Gasteiger partial charge in [-0.3, -0.25) is 9.78 Å². The van der Waals surface area contributed by atoms with E-state index in [1.807, 2.05) is 18.2 Å². The van der Waals surface area contributed by atoms with Crippen LogP contribution in [0.2, 0.25) is 0 Å². The first-order chi connectivity index (χ1) is 8.47. The molecule has 18 heavy (non-hydrogen) atoms. The first kappa shape index (κ1) is 13.0. The second-order valence-corrected chi connectivity index (χ2v) is 6.45. The summed E-state index contributed by atoms with van der Waals surface area (Å²) < 4.78 is 0. The number of thiophene rings is 1. The van der Waals surface area contributed by atoms with Crippen LogP contribution < -0.4 is 0 Å². The lowest BCUT2D eigenvalue weighted by Crippen LogP contribution is -2.08. The lowest BCUT2D eigenvalue weighted by Gasteiger charge is -2.15. The minimum atomic E-state index is 0.111. The monoisotopic (exact) mass is 259 g/mol.